The molecular weight excluding hydrogens is 326 g/mol. The van der Waals surface area contributed by atoms with Crippen molar-refractivity contribution in [3.8, 4) is 0 Å². The lowest BCUT2D eigenvalue weighted by Crippen LogP contribution is -2.43. The van der Waals surface area contributed by atoms with Crippen LogP contribution < -0.4 is 0 Å². The first-order valence-corrected chi connectivity index (χ1v) is 9.88. The molecule has 0 N–H and O–H groups in total. The van der Waals surface area contributed by atoms with Gasteiger partial charge in [0.1, 0.15) is 0 Å². The molecule has 0 radical (unpaired) electrons. The molecule has 1 saturated heterocycles. The van der Waals surface area contributed by atoms with Crippen LogP contribution in [0.2, 0.25) is 0 Å². The van der Waals surface area contributed by atoms with Gasteiger partial charge in [0.05, 0.1) is 23.3 Å². The van der Waals surface area contributed by atoms with Crippen LogP contribution in [0.1, 0.15) is 11.3 Å². The molecular formula is C16H23N5O2S. The van der Waals surface area contributed by atoms with E-state index in [0.717, 1.165) is 44.0 Å². The van der Waals surface area contributed by atoms with Crippen LogP contribution in [0, 0.1) is 0 Å². The SMILES string of the molecule is CN1CCN(Cc2cn(Cc3ccc(S(C)(=O)=O)cc3)nn2)CC1. The summed E-state index contributed by atoms with van der Waals surface area (Å²) in [6, 6.07) is 6.90. The summed E-state index contributed by atoms with van der Waals surface area (Å²) in [4.78, 5) is 5.04. The fourth-order valence-corrected chi connectivity index (χ4v) is 3.38. The molecule has 0 spiro atoms. The first kappa shape index (κ1) is 17.1. The van der Waals surface area contributed by atoms with Gasteiger partial charge in [0, 0.05) is 39.0 Å². The van der Waals surface area contributed by atoms with Crippen molar-refractivity contribution in [3.05, 3.63) is 41.7 Å². The van der Waals surface area contributed by atoms with Gasteiger partial charge in [0.25, 0.3) is 0 Å². The van der Waals surface area contributed by atoms with Crippen LogP contribution in [0.5, 0.6) is 0 Å². The molecule has 0 saturated carbocycles. The number of rotatable bonds is 5. The highest BCUT2D eigenvalue weighted by molar-refractivity contribution is 7.90. The maximum Gasteiger partial charge on any atom is 0.175 e. The Morgan fingerprint density at radius 3 is 2.33 bits per heavy atom. The standard InChI is InChI=1S/C16H23N5O2S/c1-19-7-9-20(10-8-19)12-15-13-21(18-17-15)11-14-3-5-16(6-4-14)24(2,22)23/h3-6,13H,7-12H2,1-2H3. The minimum absolute atomic E-state index is 0.334. The van der Waals surface area contributed by atoms with Crippen molar-refractivity contribution in [1.82, 2.24) is 24.8 Å². The molecule has 3 rings (SSSR count). The van der Waals surface area contributed by atoms with Gasteiger partial charge in [-0.1, -0.05) is 17.3 Å². The van der Waals surface area contributed by atoms with Crippen LogP contribution in [0.4, 0.5) is 0 Å². The zero-order chi connectivity index (χ0) is 17.2. The molecule has 1 aromatic carbocycles. The number of hydrogen-bond acceptors (Lipinski definition) is 6. The average Bonchev–Trinajstić information content (AvgIpc) is 2.96. The highest BCUT2D eigenvalue weighted by atomic mass is 32.2. The highest BCUT2D eigenvalue weighted by Gasteiger charge is 2.15. The Labute approximate surface area is 142 Å². The Balaban J connectivity index is 1.59. The van der Waals surface area contributed by atoms with Crippen molar-refractivity contribution in [2.75, 3.05) is 39.5 Å². The number of aromatic nitrogens is 3. The Morgan fingerprint density at radius 1 is 1.04 bits per heavy atom. The van der Waals surface area contributed by atoms with E-state index in [1.54, 1.807) is 16.8 Å². The van der Waals surface area contributed by atoms with Gasteiger partial charge in [-0.05, 0) is 24.7 Å². The first-order valence-electron chi connectivity index (χ1n) is 7.99. The molecule has 1 aliphatic rings. The molecule has 8 heteroatoms. The van der Waals surface area contributed by atoms with Gasteiger partial charge in [-0.25, -0.2) is 13.1 Å². The molecule has 1 fully saturated rings. The minimum atomic E-state index is -3.15. The van der Waals surface area contributed by atoms with Crippen molar-refractivity contribution >= 4 is 9.84 Å². The van der Waals surface area contributed by atoms with E-state index in [1.165, 1.54) is 6.26 Å². The van der Waals surface area contributed by atoms with Crippen molar-refractivity contribution in [2.45, 2.75) is 18.0 Å². The molecule has 1 aliphatic heterocycles. The van der Waals surface area contributed by atoms with E-state index in [1.807, 2.05) is 18.3 Å². The quantitative estimate of drug-likeness (QED) is 0.782. The largest absolute Gasteiger partial charge is 0.304 e. The first-order chi connectivity index (χ1) is 11.4. The number of hydrogen-bond donors (Lipinski definition) is 0. The molecule has 0 bridgehead atoms. The predicted octanol–water partition coefficient (Wildman–Crippen LogP) is 0.477. The zero-order valence-electron chi connectivity index (χ0n) is 14.1. The molecule has 1 aromatic heterocycles. The Morgan fingerprint density at radius 2 is 1.71 bits per heavy atom. The Kier molecular flexibility index (Phi) is 4.98. The van der Waals surface area contributed by atoms with E-state index in [9.17, 15) is 8.42 Å². The summed E-state index contributed by atoms with van der Waals surface area (Å²) < 4.78 is 24.8. The molecule has 0 atom stereocenters. The van der Waals surface area contributed by atoms with Gasteiger partial charge in [-0.15, -0.1) is 5.10 Å². The monoisotopic (exact) mass is 349 g/mol. The number of likely N-dealkylation sites (N-methyl/N-ethyl adjacent to an activating group) is 1. The van der Waals surface area contributed by atoms with Crippen molar-refractivity contribution in [3.63, 3.8) is 0 Å². The van der Waals surface area contributed by atoms with E-state index >= 15 is 0 Å². The second-order valence-corrected chi connectivity index (χ2v) is 8.42. The topological polar surface area (TPSA) is 71.3 Å². The van der Waals surface area contributed by atoms with Crippen molar-refractivity contribution < 1.29 is 8.42 Å². The van der Waals surface area contributed by atoms with Gasteiger partial charge in [-0.2, -0.15) is 0 Å². The van der Waals surface area contributed by atoms with Gasteiger partial charge in [0.15, 0.2) is 9.84 Å². The van der Waals surface area contributed by atoms with Crippen LogP contribution in [0.3, 0.4) is 0 Å². The van der Waals surface area contributed by atoms with Crippen LogP contribution in [-0.4, -0.2) is 72.7 Å². The zero-order valence-corrected chi connectivity index (χ0v) is 14.9. The van der Waals surface area contributed by atoms with E-state index in [-0.39, 0.29) is 0 Å². The Bertz CT molecular complexity index is 777. The maximum atomic E-state index is 11.5. The van der Waals surface area contributed by atoms with Crippen LogP contribution in [-0.2, 0) is 22.9 Å². The summed E-state index contributed by atoms with van der Waals surface area (Å²) in [5, 5.41) is 8.42. The third-order valence-corrected chi connectivity index (χ3v) is 5.39. The van der Waals surface area contributed by atoms with Crippen LogP contribution in [0.15, 0.2) is 35.4 Å². The molecule has 2 heterocycles. The molecule has 7 nitrogen and oxygen atoms in total. The van der Waals surface area contributed by atoms with Gasteiger partial charge in [0.2, 0.25) is 0 Å². The van der Waals surface area contributed by atoms with Crippen LogP contribution >= 0.6 is 0 Å². The van der Waals surface area contributed by atoms with E-state index in [4.69, 9.17) is 0 Å². The molecule has 0 aliphatic carbocycles. The predicted molar refractivity (Wildman–Crippen MR) is 91.4 cm³/mol. The number of piperazine rings is 1. The third-order valence-electron chi connectivity index (χ3n) is 4.26. The molecule has 130 valence electrons. The maximum absolute atomic E-state index is 11.5. The number of sulfone groups is 1. The molecule has 2 aromatic rings. The summed E-state index contributed by atoms with van der Waals surface area (Å²) in [5.74, 6) is 0. The van der Waals surface area contributed by atoms with Crippen LogP contribution in [0.25, 0.3) is 0 Å². The van der Waals surface area contributed by atoms with E-state index < -0.39 is 9.84 Å². The lowest BCUT2D eigenvalue weighted by molar-refractivity contribution is 0.147. The fraction of sp³-hybridized carbons (Fsp3) is 0.500. The third kappa shape index (κ3) is 4.40. The average molecular weight is 349 g/mol. The second-order valence-electron chi connectivity index (χ2n) is 6.40. The lowest BCUT2D eigenvalue weighted by atomic mass is 10.2. The number of nitrogens with zero attached hydrogens (tertiary/aromatic N) is 5. The summed E-state index contributed by atoms with van der Waals surface area (Å²) in [6.07, 6.45) is 3.17. The lowest BCUT2D eigenvalue weighted by Gasteiger charge is -2.31. The van der Waals surface area contributed by atoms with Gasteiger partial charge in [-0.3, -0.25) is 4.90 Å². The fourth-order valence-electron chi connectivity index (χ4n) is 2.75. The molecule has 0 amide bonds. The van der Waals surface area contributed by atoms with Crippen molar-refractivity contribution in [2.24, 2.45) is 0 Å². The van der Waals surface area contributed by atoms with E-state index in [0.29, 0.717) is 11.4 Å². The van der Waals surface area contributed by atoms with E-state index in [2.05, 4.69) is 27.2 Å². The summed E-state index contributed by atoms with van der Waals surface area (Å²) in [5.41, 5.74) is 1.96. The second kappa shape index (κ2) is 7.00. The Hall–Kier alpha value is -1.77. The summed E-state index contributed by atoms with van der Waals surface area (Å²) in [6.45, 7) is 5.68. The molecule has 0 unspecified atom stereocenters. The summed E-state index contributed by atoms with van der Waals surface area (Å²) in [7, 11) is -1.01. The number of benzene rings is 1. The molecule has 24 heavy (non-hydrogen) atoms. The van der Waals surface area contributed by atoms with Gasteiger partial charge < -0.3 is 4.90 Å². The minimum Gasteiger partial charge on any atom is -0.304 e. The smallest absolute Gasteiger partial charge is 0.175 e. The highest BCUT2D eigenvalue weighted by Crippen LogP contribution is 2.12. The van der Waals surface area contributed by atoms with Gasteiger partial charge >= 0.3 is 0 Å². The normalized spacial score (nSPS) is 17.2. The van der Waals surface area contributed by atoms with Crippen molar-refractivity contribution in [1.29, 1.82) is 0 Å². The summed E-state index contributed by atoms with van der Waals surface area (Å²) >= 11 is 0.